The molecule has 0 atom stereocenters. The lowest BCUT2D eigenvalue weighted by atomic mass is 9.74. The molecule has 0 radical (unpaired) electrons. The molecular formula is C10H17F2N. The second kappa shape index (κ2) is 3.19. The Hall–Kier alpha value is -0.180. The third kappa shape index (κ3) is 1.85. The first kappa shape index (κ1) is 9.38. The van der Waals surface area contributed by atoms with E-state index < -0.39 is 6.43 Å². The van der Waals surface area contributed by atoms with E-state index in [4.69, 9.17) is 0 Å². The van der Waals surface area contributed by atoms with E-state index in [1.54, 1.807) is 0 Å². The molecule has 2 saturated carbocycles. The molecule has 0 unspecified atom stereocenters. The largest absolute Gasteiger partial charge is 0.309 e. The summed E-state index contributed by atoms with van der Waals surface area (Å²) in [5.41, 5.74) is 0.276. The van der Waals surface area contributed by atoms with Gasteiger partial charge in [0.15, 0.2) is 0 Å². The van der Waals surface area contributed by atoms with Gasteiger partial charge in [0.2, 0.25) is 6.43 Å². The molecule has 76 valence electrons. The standard InChI is InChI=1S/C10H17F2N/c1-10(3-2-4-10)13-8-5-7(6-8)9(11)12/h7-9,13H,2-6H2,1H3. The SMILES string of the molecule is CC1(NC2CC(C(F)F)C2)CCC1. The van der Waals surface area contributed by atoms with Crippen molar-refractivity contribution in [1.29, 1.82) is 0 Å². The van der Waals surface area contributed by atoms with Gasteiger partial charge in [0, 0.05) is 17.5 Å². The van der Waals surface area contributed by atoms with Crippen molar-refractivity contribution in [2.24, 2.45) is 5.92 Å². The molecule has 0 heterocycles. The number of rotatable bonds is 3. The highest BCUT2D eigenvalue weighted by Gasteiger charge is 2.40. The van der Waals surface area contributed by atoms with Gasteiger partial charge in [0.05, 0.1) is 0 Å². The van der Waals surface area contributed by atoms with Crippen molar-refractivity contribution in [2.45, 2.75) is 57.0 Å². The maximum Gasteiger partial charge on any atom is 0.241 e. The van der Waals surface area contributed by atoms with Crippen LogP contribution in [0.25, 0.3) is 0 Å². The van der Waals surface area contributed by atoms with Crippen molar-refractivity contribution < 1.29 is 8.78 Å². The van der Waals surface area contributed by atoms with Crippen LogP contribution in [0.5, 0.6) is 0 Å². The van der Waals surface area contributed by atoms with Crippen LogP contribution in [-0.4, -0.2) is 18.0 Å². The average molecular weight is 189 g/mol. The first-order chi connectivity index (χ1) is 6.09. The predicted octanol–water partition coefficient (Wildman–Crippen LogP) is 2.56. The molecule has 0 aliphatic heterocycles. The summed E-state index contributed by atoms with van der Waals surface area (Å²) < 4.78 is 24.3. The average Bonchev–Trinajstić information content (AvgIpc) is 1.91. The summed E-state index contributed by atoms with van der Waals surface area (Å²) in [6.45, 7) is 2.20. The van der Waals surface area contributed by atoms with E-state index in [0.717, 1.165) is 0 Å². The minimum Gasteiger partial charge on any atom is -0.309 e. The van der Waals surface area contributed by atoms with E-state index in [1.807, 2.05) is 0 Å². The number of nitrogens with one attached hydrogen (secondary N) is 1. The summed E-state index contributed by atoms with van der Waals surface area (Å²) in [4.78, 5) is 0. The van der Waals surface area contributed by atoms with Crippen LogP contribution in [-0.2, 0) is 0 Å². The zero-order valence-electron chi connectivity index (χ0n) is 8.02. The topological polar surface area (TPSA) is 12.0 Å². The zero-order valence-corrected chi connectivity index (χ0v) is 8.02. The maximum absolute atomic E-state index is 12.2. The fraction of sp³-hybridized carbons (Fsp3) is 1.00. The van der Waals surface area contributed by atoms with Gasteiger partial charge in [-0.05, 0) is 39.0 Å². The molecule has 0 aromatic carbocycles. The van der Waals surface area contributed by atoms with Gasteiger partial charge < -0.3 is 5.32 Å². The van der Waals surface area contributed by atoms with Gasteiger partial charge in [-0.1, -0.05) is 0 Å². The number of halogens is 2. The fourth-order valence-corrected chi connectivity index (χ4v) is 2.33. The molecule has 0 saturated heterocycles. The molecule has 2 rings (SSSR count). The molecule has 0 spiro atoms. The van der Waals surface area contributed by atoms with E-state index in [9.17, 15) is 8.78 Å². The number of hydrogen-bond acceptors (Lipinski definition) is 1. The summed E-state index contributed by atoms with van der Waals surface area (Å²) in [6, 6.07) is 0.365. The third-order valence-electron chi connectivity index (χ3n) is 3.54. The van der Waals surface area contributed by atoms with Crippen LogP contribution in [0, 0.1) is 5.92 Å². The molecule has 1 nitrogen and oxygen atoms in total. The summed E-state index contributed by atoms with van der Waals surface area (Å²) >= 11 is 0. The lowest BCUT2D eigenvalue weighted by molar-refractivity contribution is 0.00238. The van der Waals surface area contributed by atoms with E-state index in [1.165, 1.54) is 19.3 Å². The van der Waals surface area contributed by atoms with Crippen LogP contribution in [0.1, 0.15) is 39.0 Å². The Morgan fingerprint density at radius 3 is 2.31 bits per heavy atom. The molecule has 0 bridgehead atoms. The second-order valence-electron chi connectivity index (χ2n) is 4.82. The van der Waals surface area contributed by atoms with Crippen LogP contribution in [0.3, 0.4) is 0 Å². The Morgan fingerprint density at radius 2 is 1.92 bits per heavy atom. The highest BCUT2D eigenvalue weighted by molar-refractivity contribution is 4.97. The molecule has 2 aliphatic carbocycles. The van der Waals surface area contributed by atoms with E-state index >= 15 is 0 Å². The van der Waals surface area contributed by atoms with Crippen LogP contribution >= 0.6 is 0 Å². The van der Waals surface area contributed by atoms with Crippen molar-refractivity contribution >= 4 is 0 Å². The molecule has 2 fully saturated rings. The Labute approximate surface area is 77.9 Å². The second-order valence-corrected chi connectivity index (χ2v) is 4.82. The maximum atomic E-state index is 12.2. The normalized spacial score (nSPS) is 36.9. The van der Waals surface area contributed by atoms with Gasteiger partial charge in [0.1, 0.15) is 0 Å². The van der Waals surface area contributed by atoms with Gasteiger partial charge in [-0.25, -0.2) is 8.78 Å². The monoisotopic (exact) mass is 189 g/mol. The number of alkyl halides is 2. The van der Waals surface area contributed by atoms with E-state index in [2.05, 4.69) is 12.2 Å². The quantitative estimate of drug-likeness (QED) is 0.719. The van der Waals surface area contributed by atoms with Gasteiger partial charge in [-0.3, -0.25) is 0 Å². The lowest BCUT2D eigenvalue weighted by Gasteiger charge is -2.47. The van der Waals surface area contributed by atoms with Gasteiger partial charge >= 0.3 is 0 Å². The molecule has 0 aromatic rings. The Balaban J connectivity index is 1.69. The third-order valence-corrected chi connectivity index (χ3v) is 3.54. The Morgan fingerprint density at radius 1 is 1.31 bits per heavy atom. The fourth-order valence-electron chi connectivity index (χ4n) is 2.33. The van der Waals surface area contributed by atoms with Gasteiger partial charge in [-0.15, -0.1) is 0 Å². The van der Waals surface area contributed by atoms with Crippen LogP contribution in [0.4, 0.5) is 8.78 Å². The smallest absolute Gasteiger partial charge is 0.241 e. The molecule has 3 heteroatoms. The van der Waals surface area contributed by atoms with Crippen LogP contribution < -0.4 is 5.32 Å². The first-order valence-electron chi connectivity index (χ1n) is 5.15. The van der Waals surface area contributed by atoms with E-state index in [0.29, 0.717) is 18.9 Å². The predicted molar refractivity (Wildman–Crippen MR) is 47.9 cm³/mol. The first-order valence-corrected chi connectivity index (χ1v) is 5.15. The Kier molecular flexibility index (Phi) is 2.30. The summed E-state index contributed by atoms with van der Waals surface area (Å²) in [7, 11) is 0. The van der Waals surface area contributed by atoms with Crippen molar-refractivity contribution in [3.63, 3.8) is 0 Å². The molecule has 1 N–H and O–H groups in total. The summed E-state index contributed by atoms with van der Waals surface area (Å²) in [5, 5.41) is 3.48. The van der Waals surface area contributed by atoms with Crippen LogP contribution in [0.2, 0.25) is 0 Å². The molecule has 0 amide bonds. The zero-order chi connectivity index (χ0) is 9.47. The minimum absolute atomic E-state index is 0.276. The highest BCUT2D eigenvalue weighted by atomic mass is 19.3. The molecule has 2 aliphatic rings. The lowest BCUT2D eigenvalue weighted by Crippen LogP contribution is -2.57. The van der Waals surface area contributed by atoms with Crippen LogP contribution in [0.15, 0.2) is 0 Å². The van der Waals surface area contributed by atoms with Crippen molar-refractivity contribution in [2.75, 3.05) is 0 Å². The Bertz CT molecular complexity index is 183. The van der Waals surface area contributed by atoms with E-state index in [-0.39, 0.29) is 11.5 Å². The van der Waals surface area contributed by atoms with Crippen molar-refractivity contribution in [3.8, 4) is 0 Å². The van der Waals surface area contributed by atoms with Gasteiger partial charge in [0.25, 0.3) is 0 Å². The summed E-state index contributed by atoms with van der Waals surface area (Å²) in [5.74, 6) is -0.332. The van der Waals surface area contributed by atoms with Gasteiger partial charge in [-0.2, -0.15) is 0 Å². The molecular weight excluding hydrogens is 172 g/mol. The minimum atomic E-state index is -2.10. The van der Waals surface area contributed by atoms with Crippen molar-refractivity contribution in [1.82, 2.24) is 5.32 Å². The molecule has 13 heavy (non-hydrogen) atoms. The number of hydrogen-bond donors (Lipinski definition) is 1. The summed E-state index contributed by atoms with van der Waals surface area (Å²) in [6.07, 6.45) is 2.95. The molecule has 0 aromatic heterocycles. The van der Waals surface area contributed by atoms with Crippen molar-refractivity contribution in [3.05, 3.63) is 0 Å². The highest BCUT2D eigenvalue weighted by Crippen LogP contribution is 2.38.